The van der Waals surface area contributed by atoms with E-state index in [2.05, 4.69) is 24.3 Å². The van der Waals surface area contributed by atoms with Crippen molar-refractivity contribution >= 4 is 11.8 Å². The number of hydrogen-bond donors (Lipinski definition) is 2. The number of unbranched alkanes of at least 4 members (excludes halogenated alkanes) is 3. The van der Waals surface area contributed by atoms with Crippen LogP contribution in [0.3, 0.4) is 0 Å². The van der Waals surface area contributed by atoms with Gasteiger partial charge in [-0.05, 0) is 61.2 Å². The maximum atomic E-state index is 11.8. The van der Waals surface area contributed by atoms with Gasteiger partial charge in [0.1, 0.15) is 0 Å². The Balaban J connectivity index is 1.17. The second-order valence-corrected chi connectivity index (χ2v) is 9.30. The van der Waals surface area contributed by atoms with Gasteiger partial charge in [-0.15, -0.1) is 0 Å². The van der Waals surface area contributed by atoms with E-state index in [0.717, 1.165) is 25.7 Å². The highest BCUT2D eigenvalue weighted by Crippen LogP contribution is 2.55. The van der Waals surface area contributed by atoms with E-state index in [0.29, 0.717) is 23.7 Å². The van der Waals surface area contributed by atoms with Gasteiger partial charge < -0.3 is 11.5 Å². The van der Waals surface area contributed by atoms with Gasteiger partial charge in [0.2, 0.25) is 11.8 Å². The minimum Gasteiger partial charge on any atom is -0.369 e. The number of carbonyl (C=O) groups excluding carboxylic acids is 2. The number of amides is 2. The predicted octanol–water partition coefficient (Wildman–Crippen LogP) is 3.32. The molecule has 0 saturated heterocycles. The van der Waals surface area contributed by atoms with E-state index in [9.17, 15) is 9.59 Å². The third kappa shape index (κ3) is 3.12. The van der Waals surface area contributed by atoms with Crippen LogP contribution in [-0.2, 0) is 9.59 Å². The Hall–Kier alpha value is -1.58. The summed E-state index contributed by atoms with van der Waals surface area (Å²) in [7, 11) is 0. The van der Waals surface area contributed by atoms with Crippen molar-refractivity contribution in [1.29, 1.82) is 0 Å². The summed E-state index contributed by atoms with van der Waals surface area (Å²) in [6.45, 7) is 0. The molecule has 7 unspecified atom stereocenters. The minimum absolute atomic E-state index is 0.0663. The highest BCUT2D eigenvalue weighted by atomic mass is 16.1. The van der Waals surface area contributed by atoms with Crippen molar-refractivity contribution < 1.29 is 9.59 Å². The molecule has 4 nitrogen and oxygen atoms in total. The van der Waals surface area contributed by atoms with Crippen molar-refractivity contribution in [2.24, 2.45) is 52.4 Å². The number of primary amides is 2. The Kier molecular flexibility index (Phi) is 4.70. The molecule has 4 bridgehead atoms. The minimum atomic E-state index is -0.120. The average molecular weight is 357 g/mol. The summed E-state index contributed by atoms with van der Waals surface area (Å²) in [5.74, 6) is 1.79. The van der Waals surface area contributed by atoms with Crippen molar-refractivity contribution in [3.63, 3.8) is 0 Å². The molecule has 4 rings (SSSR count). The molecule has 4 N–H and O–H groups in total. The number of hydrogen-bond acceptors (Lipinski definition) is 2. The van der Waals surface area contributed by atoms with Gasteiger partial charge in [0.05, 0.1) is 0 Å². The monoisotopic (exact) mass is 356 g/mol. The summed E-state index contributed by atoms with van der Waals surface area (Å²) in [4.78, 5) is 23.3. The van der Waals surface area contributed by atoms with Crippen molar-refractivity contribution in [3.8, 4) is 0 Å². The first-order valence-corrected chi connectivity index (χ1v) is 10.5. The van der Waals surface area contributed by atoms with Crippen LogP contribution in [0.25, 0.3) is 0 Å². The van der Waals surface area contributed by atoms with Gasteiger partial charge in [0, 0.05) is 11.8 Å². The lowest BCUT2D eigenvalue weighted by atomic mass is 9.78. The molecule has 0 radical (unpaired) electrons. The molecule has 0 spiro atoms. The SMILES string of the molecule is NC(=O)C1CC2(CCCCCCC3C4C=CC(C4)C3C(N)=O)C=CC1C2. The van der Waals surface area contributed by atoms with Crippen LogP contribution in [0, 0.1) is 40.9 Å². The molecule has 4 aliphatic carbocycles. The predicted molar refractivity (Wildman–Crippen MR) is 102 cm³/mol. The molecule has 0 aliphatic heterocycles. The number of carbonyl (C=O) groups is 2. The summed E-state index contributed by atoms with van der Waals surface area (Å²) in [6, 6.07) is 0. The van der Waals surface area contributed by atoms with E-state index in [1.54, 1.807) is 0 Å². The third-order valence-electron chi connectivity index (χ3n) is 7.76. The zero-order valence-corrected chi connectivity index (χ0v) is 15.6. The molecule has 26 heavy (non-hydrogen) atoms. The molecular weight excluding hydrogens is 324 g/mol. The summed E-state index contributed by atoms with van der Waals surface area (Å²) < 4.78 is 0. The van der Waals surface area contributed by atoms with Crippen molar-refractivity contribution in [2.45, 2.75) is 57.8 Å². The Morgan fingerprint density at radius 3 is 2.38 bits per heavy atom. The molecule has 2 amide bonds. The van der Waals surface area contributed by atoms with Crippen LogP contribution in [0.5, 0.6) is 0 Å². The Morgan fingerprint density at radius 2 is 1.65 bits per heavy atom. The number of nitrogens with two attached hydrogens (primary N) is 2. The van der Waals surface area contributed by atoms with Crippen molar-refractivity contribution in [3.05, 3.63) is 24.3 Å². The number of rotatable bonds is 9. The first-order chi connectivity index (χ1) is 12.5. The average Bonchev–Trinajstić information content (AvgIpc) is 3.36. The molecule has 0 aromatic heterocycles. The lowest BCUT2D eigenvalue weighted by molar-refractivity contribution is -0.124. The maximum absolute atomic E-state index is 11.8. The van der Waals surface area contributed by atoms with E-state index in [4.69, 9.17) is 11.5 Å². The van der Waals surface area contributed by atoms with Crippen LogP contribution < -0.4 is 11.5 Å². The number of fused-ring (bicyclic) bond motifs is 4. The summed E-state index contributed by atoms with van der Waals surface area (Å²) in [5, 5.41) is 0. The molecule has 0 heterocycles. The second kappa shape index (κ2) is 6.86. The van der Waals surface area contributed by atoms with Gasteiger partial charge >= 0.3 is 0 Å². The lowest BCUT2D eigenvalue weighted by Gasteiger charge is -2.26. The van der Waals surface area contributed by atoms with Crippen LogP contribution in [0.2, 0.25) is 0 Å². The summed E-state index contributed by atoms with van der Waals surface area (Å²) >= 11 is 0. The molecule has 0 aromatic rings. The van der Waals surface area contributed by atoms with E-state index in [1.807, 2.05) is 0 Å². The molecule has 7 atom stereocenters. The quantitative estimate of drug-likeness (QED) is 0.490. The van der Waals surface area contributed by atoms with E-state index in [1.165, 1.54) is 32.1 Å². The molecule has 0 aromatic carbocycles. The first-order valence-electron chi connectivity index (χ1n) is 10.5. The zero-order valence-electron chi connectivity index (χ0n) is 15.6. The topological polar surface area (TPSA) is 86.2 Å². The highest BCUT2D eigenvalue weighted by Gasteiger charge is 2.48. The molecule has 4 aliphatic rings. The fraction of sp³-hybridized carbons (Fsp3) is 0.727. The van der Waals surface area contributed by atoms with Crippen LogP contribution >= 0.6 is 0 Å². The van der Waals surface area contributed by atoms with Gasteiger partial charge in [0.25, 0.3) is 0 Å². The maximum Gasteiger partial charge on any atom is 0.221 e. The van der Waals surface area contributed by atoms with Crippen molar-refractivity contribution in [1.82, 2.24) is 0 Å². The Labute approximate surface area is 156 Å². The van der Waals surface area contributed by atoms with E-state index in [-0.39, 0.29) is 29.1 Å². The van der Waals surface area contributed by atoms with Crippen LogP contribution in [0.1, 0.15) is 57.8 Å². The Morgan fingerprint density at radius 1 is 0.885 bits per heavy atom. The Bertz CT molecular complexity index is 640. The second-order valence-electron chi connectivity index (χ2n) is 9.30. The van der Waals surface area contributed by atoms with Crippen LogP contribution in [0.4, 0.5) is 0 Å². The largest absolute Gasteiger partial charge is 0.369 e. The highest BCUT2D eigenvalue weighted by molar-refractivity contribution is 5.78. The fourth-order valence-electron chi connectivity index (χ4n) is 6.50. The third-order valence-corrected chi connectivity index (χ3v) is 7.76. The molecule has 2 fully saturated rings. The van der Waals surface area contributed by atoms with Crippen molar-refractivity contribution in [2.75, 3.05) is 0 Å². The molecule has 142 valence electrons. The van der Waals surface area contributed by atoms with Crippen LogP contribution in [0.15, 0.2) is 24.3 Å². The van der Waals surface area contributed by atoms with Gasteiger partial charge in [-0.1, -0.05) is 50.0 Å². The zero-order chi connectivity index (χ0) is 18.3. The first kappa shape index (κ1) is 17.8. The fourth-order valence-corrected chi connectivity index (χ4v) is 6.50. The van der Waals surface area contributed by atoms with Crippen LogP contribution in [-0.4, -0.2) is 11.8 Å². The molecular formula is C22H32N2O2. The van der Waals surface area contributed by atoms with E-state index < -0.39 is 0 Å². The standard InChI is InChI=1S/C22H32N2O2/c23-20(25)18-13-22(10-8-16(18)12-22)9-4-2-1-3-5-17-14-6-7-15(11-14)19(17)21(24)26/h6-8,10,14-19H,1-5,9,11-13H2,(H2,23,25)(H2,24,26). The summed E-state index contributed by atoms with van der Waals surface area (Å²) in [5.41, 5.74) is 11.4. The van der Waals surface area contributed by atoms with Gasteiger partial charge in [-0.3, -0.25) is 9.59 Å². The summed E-state index contributed by atoms with van der Waals surface area (Å²) in [6.07, 6.45) is 19.5. The molecule has 2 saturated carbocycles. The smallest absolute Gasteiger partial charge is 0.221 e. The van der Waals surface area contributed by atoms with Gasteiger partial charge in [-0.25, -0.2) is 0 Å². The lowest BCUT2D eigenvalue weighted by Crippen LogP contribution is -2.32. The molecule has 4 heteroatoms. The van der Waals surface area contributed by atoms with Gasteiger partial charge in [0.15, 0.2) is 0 Å². The van der Waals surface area contributed by atoms with Gasteiger partial charge in [-0.2, -0.15) is 0 Å². The normalized spacial score (nSPS) is 42.0. The van der Waals surface area contributed by atoms with E-state index >= 15 is 0 Å². The number of allylic oxidation sites excluding steroid dienone is 4.